The number of nitrogens with zero attached hydrogens (tertiary/aromatic N) is 1. The molecule has 162 valence electrons. The molecule has 4 aliphatic carbocycles. The molecule has 0 bridgehead atoms. The Kier molecular flexibility index (Phi) is 5.30. The fourth-order valence-electron chi connectivity index (χ4n) is 8.58. The van der Waals surface area contributed by atoms with Crippen LogP contribution in [0.25, 0.3) is 0 Å². The second kappa shape index (κ2) is 7.26. The summed E-state index contributed by atoms with van der Waals surface area (Å²) in [5, 5.41) is 20.6. The monoisotopic (exact) mass is 401 g/mol. The van der Waals surface area contributed by atoms with Gasteiger partial charge in [0.05, 0.1) is 18.3 Å². The summed E-state index contributed by atoms with van der Waals surface area (Å²) in [4.78, 5) is 12.8. The Morgan fingerprint density at radius 1 is 1.10 bits per heavy atom. The van der Waals surface area contributed by atoms with E-state index in [-0.39, 0.29) is 17.3 Å². The third-order valence-electron chi connectivity index (χ3n) is 9.87. The normalized spacial score (nSPS) is 48.4. The zero-order valence-electron chi connectivity index (χ0n) is 18.7. The first-order chi connectivity index (χ1) is 13.7. The minimum Gasteiger partial charge on any atom is -0.465 e. The van der Waals surface area contributed by atoms with Crippen LogP contribution in [-0.2, 0) is 9.53 Å². The molecule has 4 nitrogen and oxygen atoms in total. The Morgan fingerprint density at radius 3 is 2.52 bits per heavy atom. The fourth-order valence-corrected chi connectivity index (χ4v) is 8.58. The molecule has 4 saturated carbocycles. The number of carbonyl (C=O) groups excluding carboxylic acids is 1. The molecule has 0 aromatic heterocycles. The molecule has 0 amide bonds. The number of ether oxygens (including phenoxy) is 1. The van der Waals surface area contributed by atoms with Crippen LogP contribution in [0.1, 0.15) is 85.5 Å². The number of aliphatic hydroxyl groups is 1. The SMILES string of the molecule is CCOC(=O)C(C)(C#N)[C@H]1CC[C@H]2[C@@H]3CC[C@@H]4C[C@](C)(O)CC[C@@H]4[C@H]3CC[C@]12C. The van der Waals surface area contributed by atoms with Crippen molar-refractivity contribution in [2.75, 3.05) is 6.61 Å². The summed E-state index contributed by atoms with van der Waals surface area (Å²) in [5.41, 5.74) is -1.44. The van der Waals surface area contributed by atoms with Crippen molar-refractivity contribution in [2.45, 2.75) is 91.1 Å². The maximum atomic E-state index is 12.8. The van der Waals surface area contributed by atoms with Crippen LogP contribution in [0, 0.1) is 57.7 Å². The fraction of sp³-hybridized carbons (Fsp3) is 0.920. The number of fused-ring (bicyclic) bond motifs is 5. The Labute approximate surface area is 176 Å². The zero-order chi connectivity index (χ0) is 21.0. The predicted molar refractivity (Wildman–Crippen MR) is 112 cm³/mol. The first-order valence-corrected chi connectivity index (χ1v) is 12.0. The third kappa shape index (κ3) is 3.23. The van der Waals surface area contributed by atoms with Gasteiger partial charge in [-0.3, -0.25) is 4.79 Å². The van der Waals surface area contributed by atoms with Gasteiger partial charge in [-0.25, -0.2) is 0 Å². The largest absolute Gasteiger partial charge is 0.465 e. The third-order valence-corrected chi connectivity index (χ3v) is 9.87. The van der Waals surface area contributed by atoms with Crippen molar-refractivity contribution >= 4 is 5.97 Å². The highest BCUT2D eigenvalue weighted by Gasteiger charge is 2.62. The van der Waals surface area contributed by atoms with Crippen molar-refractivity contribution in [3.63, 3.8) is 0 Å². The van der Waals surface area contributed by atoms with Gasteiger partial charge in [0.25, 0.3) is 0 Å². The molecule has 4 aliphatic rings. The van der Waals surface area contributed by atoms with Gasteiger partial charge in [0, 0.05) is 0 Å². The van der Waals surface area contributed by atoms with E-state index in [0.29, 0.717) is 18.4 Å². The number of hydrogen-bond acceptors (Lipinski definition) is 4. The van der Waals surface area contributed by atoms with E-state index in [2.05, 4.69) is 13.0 Å². The van der Waals surface area contributed by atoms with Crippen LogP contribution in [0.3, 0.4) is 0 Å². The van der Waals surface area contributed by atoms with Crippen LogP contribution in [-0.4, -0.2) is 23.3 Å². The lowest BCUT2D eigenvalue weighted by molar-refractivity contribution is -0.159. The van der Waals surface area contributed by atoms with Crippen LogP contribution < -0.4 is 0 Å². The van der Waals surface area contributed by atoms with Gasteiger partial charge < -0.3 is 9.84 Å². The van der Waals surface area contributed by atoms with Crippen LogP contribution in [0.15, 0.2) is 0 Å². The lowest BCUT2D eigenvalue weighted by Crippen LogP contribution is -2.52. The minimum atomic E-state index is -1.03. The Bertz CT molecular complexity index is 697. The van der Waals surface area contributed by atoms with E-state index in [1.807, 2.05) is 20.8 Å². The van der Waals surface area contributed by atoms with Gasteiger partial charge in [-0.2, -0.15) is 5.26 Å². The lowest BCUT2D eigenvalue weighted by atomic mass is 9.47. The van der Waals surface area contributed by atoms with Gasteiger partial charge in [0.15, 0.2) is 5.41 Å². The first-order valence-electron chi connectivity index (χ1n) is 12.0. The molecule has 1 unspecified atom stereocenters. The average molecular weight is 402 g/mol. The number of hydrogen-bond donors (Lipinski definition) is 1. The van der Waals surface area contributed by atoms with Crippen molar-refractivity contribution in [2.24, 2.45) is 46.3 Å². The van der Waals surface area contributed by atoms with E-state index in [1.54, 1.807) is 0 Å². The van der Waals surface area contributed by atoms with Gasteiger partial charge in [0.2, 0.25) is 0 Å². The van der Waals surface area contributed by atoms with Crippen LogP contribution >= 0.6 is 0 Å². The Balaban J connectivity index is 1.56. The molecule has 0 spiro atoms. The maximum absolute atomic E-state index is 12.8. The highest BCUT2D eigenvalue weighted by molar-refractivity contribution is 5.80. The molecule has 0 radical (unpaired) electrons. The standard InChI is InChI=1S/C25H39NO3/c1-5-29-22(27)25(4,15-26)21-9-8-20-19-7-6-16-14-23(2,28)12-10-17(16)18(19)11-13-24(20,21)3/h16-21,28H,5-14H2,1-4H3/t16-,17+,18-,19-,20+,21+,23-,24+,25?/m1/s1. The van der Waals surface area contributed by atoms with Gasteiger partial charge in [0.1, 0.15) is 0 Å². The molecule has 0 aliphatic heterocycles. The summed E-state index contributed by atoms with van der Waals surface area (Å²) in [7, 11) is 0. The molecule has 4 rings (SSSR count). The number of esters is 1. The molecular formula is C25H39NO3. The minimum absolute atomic E-state index is 0.0609. The molecule has 4 heteroatoms. The van der Waals surface area contributed by atoms with Gasteiger partial charge >= 0.3 is 5.97 Å². The van der Waals surface area contributed by atoms with Crippen LogP contribution in [0.4, 0.5) is 0 Å². The molecule has 9 atom stereocenters. The topological polar surface area (TPSA) is 70.3 Å². The highest BCUT2D eigenvalue weighted by atomic mass is 16.5. The molecule has 4 fully saturated rings. The van der Waals surface area contributed by atoms with Crippen molar-refractivity contribution in [1.29, 1.82) is 5.26 Å². The van der Waals surface area contributed by atoms with Crippen molar-refractivity contribution < 1.29 is 14.6 Å². The van der Waals surface area contributed by atoms with Crippen LogP contribution in [0.2, 0.25) is 0 Å². The van der Waals surface area contributed by atoms with E-state index < -0.39 is 11.0 Å². The zero-order valence-corrected chi connectivity index (χ0v) is 18.7. The average Bonchev–Trinajstić information content (AvgIpc) is 3.04. The molecule has 0 heterocycles. The van der Waals surface area contributed by atoms with E-state index in [1.165, 1.54) is 25.7 Å². The van der Waals surface area contributed by atoms with E-state index in [4.69, 9.17) is 4.74 Å². The molecule has 0 aromatic rings. The van der Waals surface area contributed by atoms with E-state index >= 15 is 0 Å². The van der Waals surface area contributed by atoms with E-state index in [0.717, 1.165) is 49.9 Å². The van der Waals surface area contributed by atoms with Gasteiger partial charge in [-0.15, -0.1) is 0 Å². The maximum Gasteiger partial charge on any atom is 0.326 e. The predicted octanol–water partition coefficient (Wildman–Crippen LogP) is 5.10. The number of carbonyl (C=O) groups is 1. The number of nitriles is 1. The molecule has 0 aromatic carbocycles. The summed E-state index contributed by atoms with van der Waals surface area (Å²) >= 11 is 0. The lowest BCUT2D eigenvalue weighted by Gasteiger charge is -2.57. The Morgan fingerprint density at radius 2 is 1.83 bits per heavy atom. The summed E-state index contributed by atoms with van der Waals surface area (Å²) in [6.45, 7) is 8.38. The summed E-state index contributed by atoms with van der Waals surface area (Å²) in [6.07, 6.45) is 10.1. The Hall–Kier alpha value is -1.08. The van der Waals surface area contributed by atoms with Crippen LogP contribution in [0.5, 0.6) is 0 Å². The second-order valence-corrected chi connectivity index (χ2v) is 11.4. The van der Waals surface area contributed by atoms with Crippen molar-refractivity contribution in [3.05, 3.63) is 0 Å². The molecular weight excluding hydrogens is 362 g/mol. The summed E-state index contributed by atoms with van der Waals surface area (Å²) < 4.78 is 5.35. The van der Waals surface area contributed by atoms with E-state index in [9.17, 15) is 15.2 Å². The first kappa shape index (κ1) is 21.2. The molecule has 1 N–H and O–H groups in total. The van der Waals surface area contributed by atoms with Crippen molar-refractivity contribution in [1.82, 2.24) is 0 Å². The number of rotatable bonds is 3. The molecule has 29 heavy (non-hydrogen) atoms. The highest BCUT2D eigenvalue weighted by Crippen LogP contribution is 2.67. The molecule has 0 saturated heterocycles. The quantitative estimate of drug-likeness (QED) is 0.668. The summed E-state index contributed by atoms with van der Waals surface area (Å²) in [5.74, 6) is 3.35. The smallest absolute Gasteiger partial charge is 0.326 e. The summed E-state index contributed by atoms with van der Waals surface area (Å²) in [6, 6.07) is 2.39. The van der Waals surface area contributed by atoms with Gasteiger partial charge in [-0.05, 0) is 119 Å². The van der Waals surface area contributed by atoms with Gasteiger partial charge in [-0.1, -0.05) is 6.92 Å². The second-order valence-electron chi connectivity index (χ2n) is 11.4. The van der Waals surface area contributed by atoms with Crippen molar-refractivity contribution in [3.8, 4) is 6.07 Å².